The third-order valence-electron chi connectivity index (χ3n) is 6.67. The molecule has 4 rings (SSSR count). The third-order valence-corrected chi connectivity index (χ3v) is 6.67. The second-order valence-corrected chi connectivity index (χ2v) is 10.5. The third kappa shape index (κ3) is 6.66. The highest BCUT2D eigenvalue weighted by Crippen LogP contribution is 2.39. The van der Waals surface area contributed by atoms with Crippen molar-refractivity contribution >= 4 is 11.6 Å². The summed E-state index contributed by atoms with van der Waals surface area (Å²) in [6.45, 7) is 14.2. The Labute approximate surface area is 210 Å². The molecular weight excluding hydrogens is 441 g/mol. The number of nitrogens with one attached hydrogen (secondary N) is 1. The van der Waals surface area contributed by atoms with Crippen molar-refractivity contribution in [1.82, 2.24) is 20.1 Å². The average molecular weight is 484 g/mol. The molecule has 35 heavy (non-hydrogen) atoms. The Morgan fingerprint density at radius 1 is 1.20 bits per heavy atom. The van der Waals surface area contributed by atoms with E-state index in [1.54, 1.807) is 12.1 Å². The summed E-state index contributed by atoms with van der Waals surface area (Å²) in [6, 6.07) is 9.32. The van der Waals surface area contributed by atoms with E-state index in [1.165, 1.54) is 12.1 Å². The number of anilines is 1. The van der Waals surface area contributed by atoms with Gasteiger partial charge in [-0.15, -0.1) is 0 Å². The van der Waals surface area contributed by atoms with Gasteiger partial charge < -0.3 is 15.1 Å². The van der Waals surface area contributed by atoms with Crippen LogP contribution in [0.25, 0.3) is 0 Å². The van der Waals surface area contributed by atoms with E-state index in [2.05, 4.69) is 56.0 Å². The number of benzene rings is 1. The predicted octanol–water partition coefficient (Wildman–Crippen LogP) is 3.69. The number of carbonyl (C=O) groups is 1. The largest absolute Gasteiger partial charge is 0.311 e. The smallest absolute Gasteiger partial charge is 0.241 e. The van der Waals surface area contributed by atoms with E-state index >= 15 is 0 Å². The number of rotatable bonds is 6. The van der Waals surface area contributed by atoms with Crippen LogP contribution in [0.5, 0.6) is 0 Å². The molecule has 2 aromatic rings. The van der Waals surface area contributed by atoms with Crippen molar-refractivity contribution in [3.8, 4) is 0 Å². The van der Waals surface area contributed by atoms with Crippen LogP contribution in [0, 0.1) is 5.82 Å². The van der Waals surface area contributed by atoms with Gasteiger partial charge in [-0.05, 0) is 56.8 Å². The number of pyridine rings is 1. The van der Waals surface area contributed by atoms with Gasteiger partial charge in [0.1, 0.15) is 5.82 Å². The van der Waals surface area contributed by atoms with Gasteiger partial charge in [-0.1, -0.05) is 39.8 Å². The Hall–Kier alpha value is -2.35. The molecule has 0 bridgehead atoms. The number of fused-ring (bicyclic) bond motifs is 1. The summed E-state index contributed by atoms with van der Waals surface area (Å²) in [6.07, 6.45) is 2.55. The molecule has 0 radical (unpaired) electrons. The number of nitrogens with zero attached hydrogens (tertiary/aromatic N) is 4. The van der Waals surface area contributed by atoms with Gasteiger partial charge >= 0.3 is 0 Å². The van der Waals surface area contributed by atoms with E-state index in [-0.39, 0.29) is 17.1 Å². The molecular formula is C28H42FN5O. The molecule has 2 atom stereocenters. The van der Waals surface area contributed by atoms with Crippen molar-refractivity contribution < 1.29 is 9.18 Å². The Kier molecular flexibility index (Phi) is 9.02. The van der Waals surface area contributed by atoms with Crippen molar-refractivity contribution in [3.05, 3.63) is 59.2 Å². The van der Waals surface area contributed by atoms with Crippen molar-refractivity contribution in [2.45, 2.75) is 58.5 Å². The van der Waals surface area contributed by atoms with Crippen molar-refractivity contribution in [2.75, 3.05) is 51.7 Å². The van der Waals surface area contributed by atoms with Crippen LogP contribution >= 0.6 is 0 Å². The van der Waals surface area contributed by atoms with E-state index in [0.717, 1.165) is 42.1 Å². The number of amides is 1. The van der Waals surface area contributed by atoms with E-state index < -0.39 is 0 Å². The van der Waals surface area contributed by atoms with Crippen LogP contribution in [0.3, 0.4) is 0 Å². The van der Waals surface area contributed by atoms with Crippen LogP contribution in [0.4, 0.5) is 10.1 Å². The fourth-order valence-corrected chi connectivity index (χ4v) is 5.02. The number of aromatic nitrogens is 1. The summed E-state index contributed by atoms with van der Waals surface area (Å²) in [5.41, 5.74) is 3.74. The lowest BCUT2D eigenvalue weighted by Crippen LogP contribution is -2.60. The maximum atomic E-state index is 13.6. The minimum atomic E-state index is -0.237. The second kappa shape index (κ2) is 11.6. The molecule has 1 amide bonds. The molecule has 1 saturated heterocycles. The second-order valence-electron chi connectivity index (χ2n) is 10.5. The monoisotopic (exact) mass is 483 g/mol. The molecule has 3 heterocycles. The zero-order valence-electron chi connectivity index (χ0n) is 22.4. The molecule has 2 aliphatic heterocycles. The van der Waals surface area contributed by atoms with Gasteiger partial charge in [0, 0.05) is 49.9 Å². The lowest BCUT2D eigenvalue weighted by molar-refractivity contribution is -0.120. The van der Waals surface area contributed by atoms with Crippen molar-refractivity contribution in [3.63, 3.8) is 0 Å². The van der Waals surface area contributed by atoms with E-state index in [9.17, 15) is 9.18 Å². The van der Waals surface area contributed by atoms with Crippen LogP contribution in [-0.2, 0) is 16.6 Å². The van der Waals surface area contributed by atoms with Crippen LogP contribution in [0.2, 0.25) is 0 Å². The Morgan fingerprint density at radius 2 is 1.89 bits per heavy atom. The van der Waals surface area contributed by atoms with Crippen LogP contribution < -0.4 is 10.2 Å². The maximum absolute atomic E-state index is 13.6. The fraction of sp³-hybridized carbons (Fsp3) is 0.571. The van der Waals surface area contributed by atoms with Gasteiger partial charge in [0.05, 0.1) is 17.9 Å². The number of halogens is 1. The van der Waals surface area contributed by atoms with Gasteiger partial charge in [-0.3, -0.25) is 14.7 Å². The topological polar surface area (TPSA) is 51.7 Å². The molecule has 1 fully saturated rings. The lowest BCUT2D eigenvalue weighted by Gasteiger charge is -2.40. The van der Waals surface area contributed by atoms with Gasteiger partial charge in [0.15, 0.2) is 0 Å². The summed E-state index contributed by atoms with van der Waals surface area (Å²) in [7, 11) is 4.15. The Balaban J connectivity index is 0.00000167. The number of hydrogen-bond acceptors (Lipinski definition) is 5. The maximum Gasteiger partial charge on any atom is 0.241 e. The molecule has 0 spiro atoms. The van der Waals surface area contributed by atoms with E-state index in [0.29, 0.717) is 31.6 Å². The molecule has 7 heteroatoms. The minimum Gasteiger partial charge on any atom is -0.311 e. The molecule has 0 saturated carbocycles. The number of hydrogen-bond donors (Lipinski definition) is 1. The summed E-state index contributed by atoms with van der Waals surface area (Å²) < 4.78 is 13.3. The predicted molar refractivity (Wildman–Crippen MR) is 142 cm³/mol. The fourth-order valence-electron chi connectivity index (χ4n) is 5.02. The molecule has 1 N–H and O–H groups in total. The minimum absolute atomic E-state index is 0.125. The highest BCUT2D eigenvalue weighted by atomic mass is 19.1. The first-order chi connectivity index (χ1) is 16.6. The van der Waals surface area contributed by atoms with E-state index in [1.807, 2.05) is 24.9 Å². The highest BCUT2D eigenvalue weighted by Gasteiger charge is 2.40. The Morgan fingerprint density at radius 3 is 2.54 bits per heavy atom. The molecule has 1 aromatic heterocycles. The summed E-state index contributed by atoms with van der Waals surface area (Å²) in [4.78, 5) is 24.8. The van der Waals surface area contributed by atoms with Crippen LogP contribution in [0.1, 0.15) is 51.4 Å². The summed E-state index contributed by atoms with van der Waals surface area (Å²) in [5, 5.41) is 3.55. The zero-order valence-corrected chi connectivity index (χ0v) is 22.4. The van der Waals surface area contributed by atoms with Crippen molar-refractivity contribution in [2.24, 2.45) is 0 Å². The average Bonchev–Trinajstić information content (AvgIpc) is 3.08. The zero-order chi connectivity index (χ0) is 25.8. The van der Waals surface area contributed by atoms with Crippen LogP contribution in [-0.4, -0.2) is 79.6 Å². The summed E-state index contributed by atoms with van der Waals surface area (Å²) in [5.74, 6) is -0.112. The molecule has 1 aromatic carbocycles. The van der Waals surface area contributed by atoms with Crippen molar-refractivity contribution in [1.29, 1.82) is 0 Å². The standard InChI is InChI=1S/C26H36FN5O.C2H6/c1-18-14-31(22(13-28-18)15-30(4)5)16-24(33)32-17-26(2,3)25-23(32)11-20(12-29-25)10-19-6-8-21(27)9-7-19;1-2/h6-9,11-12,18,22,28H,10,13-17H2,1-5H3;1-2H3/t18?,22-;/m1./s1. The highest BCUT2D eigenvalue weighted by molar-refractivity contribution is 5.97. The van der Waals surface area contributed by atoms with Crippen LogP contribution in [0.15, 0.2) is 36.5 Å². The quantitative estimate of drug-likeness (QED) is 0.679. The van der Waals surface area contributed by atoms with Gasteiger partial charge in [-0.2, -0.15) is 0 Å². The van der Waals surface area contributed by atoms with Gasteiger partial charge in [-0.25, -0.2) is 4.39 Å². The summed E-state index contributed by atoms with van der Waals surface area (Å²) >= 11 is 0. The number of piperazine rings is 1. The molecule has 1 unspecified atom stereocenters. The molecule has 0 aliphatic carbocycles. The van der Waals surface area contributed by atoms with Gasteiger partial charge in [0.2, 0.25) is 5.91 Å². The lowest BCUT2D eigenvalue weighted by atomic mass is 9.91. The first kappa shape index (κ1) is 27.2. The molecule has 6 nitrogen and oxygen atoms in total. The number of likely N-dealkylation sites (N-methyl/N-ethyl adjacent to an activating group) is 1. The number of carbonyl (C=O) groups excluding carboxylic acids is 1. The van der Waals surface area contributed by atoms with E-state index in [4.69, 9.17) is 4.98 Å². The first-order valence-electron chi connectivity index (χ1n) is 12.8. The first-order valence-corrected chi connectivity index (χ1v) is 12.8. The van der Waals surface area contributed by atoms with Gasteiger partial charge in [0.25, 0.3) is 0 Å². The normalized spacial score (nSPS) is 21.5. The Bertz CT molecular complexity index is 991. The molecule has 2 aliphatic rings. The molecule has 192 valence electrons. The SMILES string of the molecule is CC.CC1CN(CC(=O)N2CC(C)(C)c3ncc(Cc4ccc(F)cc4)cc32)[C@@H](CN(C)C)CN1.